The van der Waals surface area contributed by atoms with Crippen LogP contribution in [0.15, 0.2) is 53.4 Å². The Morgan fingerprint density at radius 2 is 1.61 bits per heavy atom. The minimum Gasteiger partial charge on any atom is -0.326 e. The van der Waals surface area contributed by atoms with Gasteiger partial charge in [0.05, 0.1) is 4.90 Å². The van der Waals surface area contributed by atoms with Gasteiger partial charge in [0.2, 0.25) is 15.9 Å². The van der Waals surface area contributed by atoms with E-state index in [0.29, 0.717) is 12.8 Å². The molecule has 0 saturated carbocycles. The maximum atomic E-state index is 11.9. The van der Waals surface area contributed by atoms with Crippen LogP contribution in [0.5, 0.6) is 0 Å². The van der Waals surface area contributed by atoms with E-state index in [2.05, 4.69) is 10.0 Å². The number of sulfonamides is 1. The molecule has 0 radical (unpaired) electrons. The van der Waals surface area contributed by atoms with Gasteiger partial charge in [-0.15, -0.1) is 0 Å². The molecule has 6 heteroatoms. The highest BCUT2D eigenvalue weighted by Crippen LogP contribution is 2.13. The molecule has 0 fully saturated rings. The summed E-state index contributed by atoms with van der Waals surface area (Å²) in [5.41, 5.74) is 2.83. The lowest BCUT2D eigenvalue weighted by Crippen LogP contribution is -2.18. The van der Waals surface area contributed by atoms with Crippen molar-refractivity contribution in [2.45, 2.75) is 24.7 Å². The summed E-state index contributed by atoms with van der Waals surface area (Å²) in [4.78, 5) is 12.1. The summed E-state index contributed by atoms with van der Waals surface area (Å²) in [7, 11) is -2.05. The molecule has 23 heavy (non-hydrogen) atoms. The van der Waals surface area contributed by atoms with E-state index in [1.165, 1.54) is 7.05 Å². The lowest BCUT2D eigenvalue weighted by atomic mass is 10.1. The molecular formula is C17H20N2O3S. The summed E-state index contributed by atoms with van der Waals surface area (Å²) in [5.74, 6) is -0.0687. The lowest BCUT2D eigenvalue weighted by molar-refractivity contribution is -0.116. The number of anilines is 1. The molecule has 0 heterocycles. The average molecular weight is 332 g/mol. The third-order valence-electron chi connectivity index (χ3n) is 3.48. The van der Waals surface area contributed by atoms with E-state index in [9.17, 15) is 13.2 Å². The molecular weight excluding hydrogens is 312 g/mol. The Kier molecular flexibility index (Phi) is 5.52. The van der Waals surface area contributed by atoms with Crippen molar-refractivity contribution in [1.82, 2.24) is 4.72 Å². The van der Waals surface area contributed by atoms with Crippen LogP contribution < -0.4 is 10.0 Å². The second-order valence-corrected chi connectivity index (χ2v) is 7.15. The summed E-state index contributed by atoms with van der Waals surface area (Å²) in [6.45, 7) is 1.99. The van der Waals surface area contributed by atoms with Gasteiger partial charge in [-0.3, -0.25) is 4.79 Å². The van der Waals surface area contributed by atoms with Gasteiger partial charge in [0.1, 0.15) is 0 Å². The molecule has 2 rings (SSSR count). The van der Waals surface area contributed by atoms with Crippen molar-refractivity contribution in [2.75, 3.05) is 12.4 Å². The predicted molar refractivity (Wildman–Crippen MR) is 90.8 cm³/mol. The van der Waals surface area contributed by atoms with E-state index in [4.69, 9.17) is 0 Å². The number of hydrogen-bond acceptors (Lipinski definition) is 3. The van der Waals surface area contributed by atoms with Crippen molar-refractivity contribution in [1.29, 1.82) is 0 Å². The highest BCUT2D eigenvalue weighted by atomic mass is 32.2. The molecule has 5 nitrogen and oxygen atoms in total. The number of nitrogens with one attached hydrogen (secondary N) is 2. The Bertz CT molecular complexity index is 766. The van der Waals surface area contributed by atoms with Crippen molar-refractivity contribution in [3.05, 3.63) is 59.7 Å². The highest BCUT2D eigenvalue weighted by Gasteiger charge is 2.10. The van der Waals surface area contributed by atoms with Gasteiger partial charge in [0.15, 0.2) is 0 Å². The van der Waals surface area contributed by atoms with Crippen LogP contribution in [-0.2, 0) is 21.2 Å². The summed E-state index contributed by atoms with van der Waals surface area (Å²) >= 11 is 0. The second-order valence-electron chi connectivity index (χ2n) is 5.27. The minimum atomic E-state index is -3.42. The van der Waals surface area contributed by atoms with Crippen LogP contribution in [0.1, 0.15) is 17.5 Å². The molecule has 1 amide bonds. The molecule has 0 atom stereocenters. The zero-order valence-corrected chi connectivity index (χ0v) is 14.0. The quantitative estimate of drug-likeness (QED) is 0.853. The van der Waals surface area contributed by atoms with Gasteiger partial charge < -0.3 is 5.32 Å². The maximum Gasteiger partial charge on any atom is 0.240 e. The van der Waals surface area contributed by atoms with Gasteiger partial charge in [0.25, 0.3) is 0 Å². The van der Waals surface area contributed by atoms with E-state index >= 15 is 0 Å². The molecule has 0 spiro atoms. The Morgan fingerprint density at radius 1 is 1.00 bits per heavy atom. The van der Waals surface area contributed by atoms with Gasteiger partial charge in [-0.05, 0) is 50.2 Å². The number of hydrogen-bond donors (Lipinski definition) is 2. The van der Waals surface area contributed by atoms with E-state index in [1.54, 1.807) is 24.3 Å². The standard InChI is InChI=1S/C17H20N2O3S/c1-13-3-8-15(9-4-13)19-17(20)12-7-14-5-10-16(11-6-14)23(21,22)18-2/h3-6,8-11,18H,7,12H2,1-2H3,(H,19,20). The lowest BCUT2D eigenvalue weighted by Gasteiger charge is -2.07. The zero-order chi connectivity index (χ0) is 16.9. The van der Waals surface area contributed by atoms with Gasteiger partial charge >= 0.3 is 0 Å². The summed E-state index contributed by atoms with van der Waals surface area (Å²) in [5, 5.41) is 2.84. The normalized spacial score (nSPS) is 11.2. The molecule has 122 valence electrons. The topological polar surface area (TPSA) is 75.3 Å². The first-order chi connectivity index (χ1) is 10.9. The van der Waals surface area contributed by atoms with Crippen molar-refractivity contribution in [3.8, 4) is 0 Å². The Morgan fingerprint density at radius 3 is 2.17 bits per heavy atom. The van der Waals surface area contributed by atoms with E-state index in [1.807, 2.05) is 31.2 Å². The van der Waals surface area contributed by atoms with Crippen molar-refractivity contribution in [2.24, 2.45) is 0 Å². The molecule has 2 aromatic rings. The Balaban J connectivity index is 1.90. The summed E-state index contributed by atoms with van der Waals surface area (Å²) < 4.78 is 25.5. The summed E-state index contributed by atoms with van der Waals surface area (Å²) in [6.07, 6.45) is 0.892. The fraction of sp³-hybridized carbons (Fsp3) is 0.235. The number of benzene rings is 2. The second kappa shape index (κ2) is 7.39. The molecule has 0 aromatic heterocycles. The zero-order valence-electron chi connectivity index (χ0n) is 13.2. The van der Waals surface area contributed by atoms with E-state index < -0.39 is 10.0 Å². The first kappa shape index (κ1) is 17.2. The van der Waals surface area contributed by atoms with E-state index in [0.717, 1.165) is 16.8 Å². The van der Waals surface area contributed by atoms with Crippen LogP contribution in [0.4, 0.5) is 5.69 Å². The van der Waals surface area contributed by atoms with Gasteiger partial charge in [0, 0.05) is 12.1 Å². The van der Waals surface area contributed by atoms with Crippen molar-refractivity contribution < 1.29 is 13.2 Å². The monoisotopic (exact) mass is 332 g/mol. The van der Waals surface area contributed by atoms with Crippen LogP contribution in [0.2, 0.25) is 0 Å². The summed E-state index contributed by atoms with van der Waals surface area (Å²) in [6, 6.07) is 14.1. The van der Waals surface area contributed by atoms with Crippen LogP contribution in [0.25, 0.3) is 0 Å². The fourth-order valence-electron chi connectivity index (χ4n) is 2.07. The van der Waals surface area contributed by atoms with Crippen LogP contribution in [-0.4, -0.2) is 21.4 Å². The fourth-order valence-corrected chi connectivity index (χ4v) is 2.80. The van der Waals surface area contributed by atoms with Gasteiger partial charge in [-0.25, -0.2) is 13.1 Å². The third kappa shape index (κ3) is 4.91. The predicted octanol–water partition coefficient (Wildman–Crippen LogP) is 2.47. The van der Waals surface area contributed by atoms with Crippen LogP contribution in [0.3, 0.4) is 0 Å². The van der Waals surface area contributed by atoms with Gasteiger partial charge in [-0.1, -0.05) is 29.8 Å². The first-order valence-corrected chi connectivity index (χ1v) is 8.78. The molecule has 0 bridgehead atoms. The molecule has 0 aliphatic carbocycles. The first-order valence-electron chi connectivity index (χ1n) is 7.30. The van der Waals surface area contributed by atoms with Gasteiger partial charge in [-0.2, -0.15) is 0 Å². The SMILES string of the molecule is CNS(=O)(=O)c1ccc(CCC(=O)Nc2ccc(C)cc2)cc1. The number of rotatable bonds is 6. The van der Waals surface area contributed by atoms with Crippen LogP contribution >= 0.6 is 0 Å². The van der Waals surface area contributed by atoms with Crippen molar-refractivity contribution in [3.63, 3.8) is 0 Å². The Labute approximate surface area is 136 Å². The van der Waals surface area contributed by atoms with Crippen molar-refractivity contribution >= 4 is 21.6 Å². The van der Waals surface area contributed by atoms with E-state index in [-0.39, 0.29) is 10.8 Å². The highest BCUT2D eigenvalue weighted by molar-refractivity contribution is 7.89. The smallest absolute Gasteiger partial charge is 0.240 e. The maximum absolute atomic E-state index is 11.9. The number of amides is 1. The molecule has 0 aliphatic rings. The molecule has 2 N–H and O–H groups in total. The molecule has 0 aliphatic heterocycles. The molecule has 0 unspecified atom stereocenters. The average Bonchev–Trinajstić information content (AvgIpc) is 2.55. The number of carbonyl (C=O) groups is 1. The minimum absolute atomic E-state index is 0.0687. The Hall–Kier alpha value is -2.18. The largest absolute Gasteiger partial charge is 0.326 e. The number of carbonyl (C=O) groups excluding carboxylic acids is 1. The number of aryl methyl sites for hydroxylation is 2. The third-order valence-corrected chi connectivity index (χ3v) is 4.91. The molecule has 2 aromatic carbocycles. The molecule has 0 saturated heterocycles. The van der Waals surface area contributed by atoms with Crippen LogP contribution in [0, 0.1) is 6.92 Å².